The molecule has 2 amide bonds. The summed E-state index contributed by atoms with van der Waals surface area (Å²) >= 11 is 0. The average Bonchev–Trinajstić information content (AvgIpc) is 3.14. The van der Waals surface area contributed by atoms with Gasteiger partial charge in [0.05, 0.1) is 0 Å². The standard InChI is InChI=1S/C20H29N3O3/c1-20(2,3)26-19(25)21-17-10-12-23(18(17)24)16-9-11-22(14-16)13-15-7-5-4-6-8-15/h4-8,16-17H,9-14H2,1-3H3,(H,21,25)/t16-,17+/m1/s1. The molecule has 0 aliphatic carbocycles. The van der Waals surface area contributed by atoms with Crippen LogP contribution < -0.4 is 5.32 Å². The zero-order valence-electron chi connectivity index (χ0n) is 15.9. The van der Waals surface area contributed by atoms with Crippen LogP contribution in [-0.4, -0.2) is 59.1 Å². The fourth-order valence-electron chi connectivity index (χ4n) is 3.70. The van der Waals surface area contributed by atoms with E-state index in [1.165, 1.54) is 5.56 Å². The molecule has 2 atom stereocenters. The minimum absolute atomic E-state index is 0.0161. The van der Waals surface area contributed by atoms with E-state index in [0.29, 0.717) is 13.0 Å². The number of carbonyl (C=O) groups excluding carboxylic acids is 2. The summed E-state index contributed by atoms with van der Waals surface area (Å²) in [6, 6.07) is 10.2. The van der Waals surface area contributed by atoms with Crippen LogP contribution in [0.15, 0.2) is 30.3 Å². The Morgan fingerprint density at radius 2 is 1.92 bits per heavy atom. The topological polar surface area (TPSA) is 61.9 Å². The Morgan fingerprint density at radius 1 is 1.19 bits per heavy atom. The van der Waals surface area contributed by atoms with Crippen LogP contribution in [0.2, 0.25) is 0 Å². The minimum atomic E-state index is -0.561. The lowest BCUT2D eigenvalue weighted by molar-refractivity contribution is -0.131. The molecule has 142 valence electrons. The molecule has 2 saturated heterocycles. The Hall–Kier alpha value is -2.08. The molecule has 0 spiro atoms. The Morgan fingerprint density at radius 3 is 2.62 bits per heavy atom. The monoisotopic (exact) mass is 359 g/mol. The first-order chi connectivity index (χ1) is 12.3. The second kappa shape index (κ2) is 7.66. The molecule has 0 aromatic heterocycles. The van der Waals surface area contributed by atoms with E-state index in [0.717, 1.165) is 26.1 Å². The molecule has 26 heavy (non-hydrogen) atoms. The minimum Gasteiger partial charge on any atom is -0.444 e. The molecule has 0 radical (unpaired) electrons. The van der Waals surface area contributed by atoms with Crippen LogP contribution in [0, 0.1) is 0 Å². The summed E-state index contributed by atoms with van der Waals surface area (Å²) in [7, 11) is 0. The lowest BCUT2D eigenvalue weighted by Gasteiger charge is -2.25. The van der Waals surface area contributed by atoms with Crippen LogP contribution in [0.3, 0.4) is 0 Å². The van der Waals surface area contributed by atoms with E-state index in [2.05, 4.69) is 34.5 Å². The van der Waals surface area contributed by atoms with Crippen molar-refractivity contribution in [1.82, 2.24) is 15.1 Å². The first-order valence-corrected chi connectivity index (χ1v) is 9.38. The molecule has 1 N–H and O–H groups in total. The van der Waals surface area contributed by atoms with Crippen molar-refractivity contribution in [3.05, 3.63) is 35.9 Å². The first-order valence-electron chi connectivity index (χ1n) is 9.38. The summed E-state index contributed by atoms with van der Waals surface area (Å²) in [5.74, 6) is 0.0161. The summed E-state index contributed by atoms with van der Waals surface area (Å²) in [6.45, 7) is 8.94. The maximum Gasteiger partial charge on any atom is 0.408 e. The van der Waals surface area contributed by atoms with Gasteiger partial charge in [0.15, 0.2) is 0 Å². The number of hydrogen-bond acceptors (Lipinski definition) is 4. The number of likely N-dealkylation sites (tertiary alicyclic amines) is 2. The molecule has 0 saturated carbocycles. The zero-order chi connectivity index (χ0) is 18.7. The first kappa shape index (κ1) is 18.7. The number of carbonyl (C=O) groups is 2. The second-order valence-corrected chi connectivity index (χ2v) is 8.18. The molecular weight excluding hydrogens is 330 g/mol. The lowest BCUT2D eigenvalue weighted by atomic mass is 10.2. The molecule has 2 fully saturated rings. The summed E-state index contributed by atoms with van der Waals surface area (Å²) in [4.78, 5) is 29.0. The van der Waals surface area contributed by atoms with E-state index < -0.39 is 17.7 Å². The molecule has 2 aliphatic rings. The molecule has 2 heterocycles. The fraction of sp³-hybridized carbons (Fsp3) is 0.600. The molecular formula is C20H29N3O3. The van der Waals surface area contributed by atoms with E-state index in [1.54, 1.807) is 0 Å². The number of nitrogens with one attached hydrogen (secondary N) is 1. The van der Waals surface area contributed by atoms with Gasteiger partial charge in [0.25, 0.3) is 0 Å². The van der Waals surface area contributed by atoms with E-state index in [9.17, 15) is 9.59 Å². The highest BCUT2D eigenvalue weighted by Crippen LogP contribution is 2.23. The highest BCUT2D eigenvalue weighted by molar-refractivity contribution is 5.87. The van der Waals surface area contributed by atoms with Crippen molar-refractivity contribution >= 4 is 12.0 Å². The molecule has 6 nitrogen and oxygen atoms in total. The molecule has 0 bridgehead atoms. The predicted molar refractivity (Wildman–Crippen MR) is 99.6 cm³/mol. The van der Waals surface area contributed by atoms with Crippen molar-refractivity contribution in [2.45, 2.75) is 57.8 Å². The van der Waals surface area contributed by atoms with E-state index in [1.807, 2.05) is 31.7 Å². The van der Waals surface area contributed by atoms with Crippen LogP contribution in [0.5, 0.6) is 0 Å². The van der Waals surface area contributed by atoms with E-state index in [4.69, 9.17) is 4.74 Å². The SMILES string of the molecule is CC(C)(C)OC(=O)N[C@H]1CCN([C@@H]2CCN(Cc3ccccc3)C2)C1=O. The highest BCUT2D eigenvalue weighted by atomic mass is 16.6. The number of ether oxygens (including phenoxy) is 1. The largest absolute Gasteiger partial charge is 0.444 e. The molecule has 0 unspecified atom stereocenters. The number of hydrogen-bond donors (Lipinski definition) is 1. The van der Waals surface area contributed by atoms with Crippen molar-refractivity contribution in [3.63, 3.8) is 0 Å². The summed E-state index contributed by atoms with van der Waals surface area (Å²) in [5, 5.41) is 2.72. The van der Waals surface area contributed by atoms with Crippen LogP contribution >= 0.6 is 0 Å². The van der Waals surface area contributed by atoms with E-state index in [-0.39, 0.29) is 11.9 Å². The van der Waals surface area contributed by atoms with Crippen LogP contribution in [0.4, 0.5) is 4.79 Å². The maximum atomic E-state index is 12.7. The van der Waals surface area contributed by atoms with Gasteiger partial charge in [-0.3, -0.25) is 9.69 Å². The number of rotatable bonds is 4. The smallest absolute Gasteiger partial charge is 0.408 e. The third-order valence-electron chi connectivity index (χ3n) is 4.87. The average molecular weight is 359 g/mol. The van der Waals surface area contributed by atoms with Gasteiger partial charge < -0.3 is 15.0 Å². The van der Waals surface area contributed by atoms with Crippen molar-refractivity contribution in [1.29, 1.82) is 0 Å². The van der Waals surface area contributed by atoms with Gasteiger partial charge in [-0.25, -0.2) is 4.79 Å². The molecule has 1 aromatic rings. The quantitative estimate of drug-likeness (QED) is 0.897. The predicted octanol–water partition coefficient (Wildman–Crippen LogP) is 2.39. The lowest BCUT2D eigenvalue weighted by Crippen LogP contribution is -2.46. The maximum absolute atomic E-state index is 12.7. The van der Waals surface area contributed by atoms with Crippen LogP contribution in [0.1, 0.15) is 39.2 Å². The van der Waals surface area contributed by atoms with Crippen molar-refractivity contribution in [2.75, 3.05) is 19.6 Å². The summed E-state index contributed by atoms with van der Waals surface area (Å²) in [5.41, 5.74) is 0.736. The number of amides is 2. The number of benzene rings is 1. The van der Waals surface area contributed by atoms with Gasteiger partial charge in [0.1, 0.15) is 11.6 Å². The summed E-state index contributed by atoms with van der Waals surface area (Å²) < 4.78 is 5.26. The third kappa shape index (κ3) is 4.75. The Bertz CT molecular complexity index is 641. The van der Waals surface area contributed by atoms with Crippen molar-refractivity contribution in [3.8, 4) is 0 Å². The van der Waals surface area contributed by atoms with Gasteiger partial charge in [0, 0.05) is 32.2 Å². The van der Waals surface area contributed by atoms with Gasteiger partial charge >= 0.3 is 6.09 Å². The van der Waals surface area contributed by atoms with Crippen molar-refractivity contribution < 1.29 is 14.3 Å². The summed E-state index contributed by atoms with van der Waals surface area (Å²) in [6.07, 6.45) is 1.11. The molecule has 1 aromatic carbocycles. The third-order valence-corrected chi connectivity index (χ3v) is 4.87. The van der Waals surface area contributed by atoms with Gasteiger partial charge in [-0.05, 0) is 39.2 Å². The normalized spacial score (nSPS) is 24.1. The fourth-order valence-corrected chi connectivity index (χ4v) is 3.70. The zero-order valence-corrected chi connectivity index (χ0v) is 15.9. The van der Waals surface area contributed by atoms with Gasteiger partial charge in [0.2, 0.25) is 5.91 Å². The molecule has 2 aliphatic heterocycles. The second-order valence-electron chi connectivity index (χ2n) is 8.18. The van der Waals surface area contributed by atoms with Gasteiger partial charge in [-0.15, -0.1) is 0 Å². The van der Waals surface area contributed by atoms with Gasteiger partial charge in [-0.2, -0.15) is 0 Å². The van der Waals surface area contributed by atoms with E-state index >= 15 is 0 Å². The Labute approximate surface area is 155 Å². The molecule has 6 heteroatoms. The number of nitrogens with zero attached hydrogens (tertiary/aromatic N) is 2. The van der Waals surface area contributed by atoms with Crippen molar-refractivity contribution in [2.24, 2.45) is 0 Å². The van der Waals surface area contributed by atoms with Crippen LogP contribution in [-0.2, 0) is 16.1 Å². The van der Waals surface area contributed by atoms with Crippen LogP contribution in [0.25, 0.3) is 0 Å². The highest BCUT2D eigenvalue weighted by Gasteiger charge is 2.39. The Balaban J connectivity index is 1.50. The molecule has 3 rings (SSSR count). The van der Waals surface area contributed by atoms with Gasteiger partial charge in [-0.1, -0.05) is 30.3 Å². The Kier molecular flexibility index (Phi) is 5.51. The number of alkyl carbamates (subject to hydrolysis) is 1.